The van der Waals surface area contributed by atoms with Crippen LogP contribution in [0, 0.1) is 11.3 Å². The van der Waals surface area contributed by atoms with Crippen molar-refractivity contribution in [3.63, 3.8) is 0 Å². The van der Waals surface area contributed by atoms with Gasteiger partial charge in [0.25, 0.3) is 0 Å². The van der Waals surface area contributed by atoms with Crippen LogP contribution in [-0.2, 0) is 9.84 Å². The SMILES string of the molecule is CCCS(=O)(=O)c1cc(OC)cnc1C#N. The maximum Gasteiger partial charge on any atom is 0.181 e. The van der Waals surface area contributed by atoms with Crippen molar-refractivity contribution in [3.05, 3.63) is 18.0 Å². The second-order valence-corrected chi connectivity index (χ2v) is 5.23. The highest BCUT2D eigenvalue weighted by Gasteiger charge is 2.19. The van der Waals surface area contributed by atoms with E-state index in [-0.39, 0.29) is 16.3 Å². The lowest BCUT2D eigenvalue weighted by atomic mass is 10.3. The smallest absolute Gasteiger partial charge is 0.181 e. The Bertz CT molecular complexity index is 517. The minimum atomic E-state index is -3.45. The molecule has 1 rings (SSSR count). The average molecular weight is 240 g/mol. The average Bonchev–Trinajstić information content (AvgIpc) is 2.28. The minimum Gasteiger partial charge on any atom is -0.495 e. The van der Waals surface area contributed by atoms with E-state index in [1.807, 2.05) is 0 Å². The maximum absolute atomic E-state index is 11.8. The van der Waals surface area contributed by atoms with E-state index in [2.05, 4.69) is 4.98 Å². The van der Waals surface area contributed by atoms with Crippen molar-refractivity contribution in [3.8, 4) is 11.8 Å². The number of methoxy groups -OCH3 is 1. The second-order valence-electron chi connectivity index (χ2n) is 3.15. The monoisotopic (exact) mass is 240 g/mol. The van der Waals surface area contributed by atoms with E-state index in [1.54, 1.807) is 13.0 Å². The molecule has 6 heteroatoms. The standard InChI is InChI=1S/C10H12N2O3S/c1-3-4-16(13,14)10-5-8(15-2)7-12-9(10)6-11/h5,7H,3-4H2,1-2H3. The number of nitrogens with zero attached hydrogens (tertiary/aromatic N) is 2. The molecule has 5 nitrogen and oxygen atoms in total. The van der Waals surface area contributed by atoms with E-state index < -0.39 is 9.84 Å². The molecule has 0 saturated heterocycles. The van der Waals surface area contributed by atoms with Gasteiger partial charge in [0.1, 0.15) is 16.7 Å². The van der Waals surface area contributed by atoms with Gasteiger partial charge in [-0.05, 0) is 6.42 Å². The van der Waals surface area contributed by atoms with E-state index in [0.29, 0.717) is 12.2 Å². The van der Waals surface area contributed by atoms with Gasteiger partial charge in [-0.15, -0.1) is 0 Å². The predicted octanol–water partition coefficient (Wildman–Crippen LogP) is 1.15. The molecular formula is C10H12N2O3S. The summed E-state index contributed by atoms with van der Waals surface area (Å²) in [5.41, 5.74) is -0.0887. The molecule has 0 atom stereocenters. The Morgan fingerprint density at radius 3 is 2.75 bits per heavy atom. The van der Waals surface area contributed by atoms with Gasteiger partial charge in [0.15, 0.2) is 15.5 Å². The number of nitriles is 1. The zero-order valence-electron chi connectivity index (χ0n) is 9.10. The molecule has 0 N–H and O–H groups in total. The third-order valence-electron chi connectivity index (χ3n) is 1.98. The molecule has 1 aromatic heterocycles. The predicted molar refractivity (Wildman–Crippen MR) is 57.8 cm³/mol. The van der Waals surface area contributed by atoms with Crippen LogP contribution in [0.2, 0.25) is 0 Å². The quantitative estimate of drug-likeness (QED) is 0.788. The fraction of sp³-hybridized carbons (Fsp3) is 0.400. The lowest BCUT2D eigenvalue weighted by Gasteiger charge is -2.06. The molecule has 0 aliphatic rings. The molecular weight excluding hydrogens is 228 g/mol. The maximum atomic E-state index is 11.8. The molecule has 0 aliphatic heterocycles. The first-order valence-electron chi connectivity index (χ1n) is 4.72. The van der Waals surface area contributed by atoms with Crippen molar-refractivity contribution in [1.29, 1.82) is 5.26 Å². The minimum absolute atomic E-state index is 0.00344. The highest BCUT2D eigenvalue weighted by molar-refractivity contribution is 7.91. The Kier molecular flexibility index (Phi) is 3.85. The summed E-state index contributed by atoms with van der Waals surface area (Å²) in [6.45, 7) is 1.76. The van der Waals surface area contributed by atoms with Crippen LogP contribution in [0.1, 0.15) is 19.0 Å². The van der Waals surface area contributed by atoms with Crippen LogP contribution in [0.15, 0.2) is 17.2 Å². The Hall–Kier alpha value is -1.61. The molecule has 16 heavy (non-hydrogen) atoms. The summed E-state index contributed by atoms with van der Waals surface area (Å²) in [7, 11) is -2.03. The van der Waals surface area contributed by atoms with Gasteiger partial charge in [0.05, 0.1) is 19.1 Å². The highest BCUT2D eigenvalue weighted by Crippen LogP contribution is 2.20. The molecule has 0 amide bonds. The van der Waals surface area contributed by atoms with Gasteiger partial charge in [-0.25, -0.2) is 13.4 Å². The third kappa shape index (κ3) is 2.49. The molecule has 0 aromatic carbocycles. The number of aromatic nitrogens is 1. The van der Waals surface area contributed by atoms with Crippen LogP contribution in [0.3, 0.4) is 0 Å². The molecule has 1 aromatic rings. The Morgan fingerprint density at radius 1 is 1.56 bits per heavy atom. The normalized spacial score (nSPS) is 10.8. The van der Waals surface area contributed by atoms with Crippen LogP contribution in [0.5, 0.6) is 5.75 Å². The van der Waals surface area contributed by atoms with Gasteiger partial charge in [0.2, 0.25) is 0 Å². The Balaban J connectivity index is 3.36. The summed E-state index contributed by atoms with van der Waals surface area (Å²) < 4.78 is 28.6. The van der Waals surface area contributed by atoms with E-state index in [9.17, 15) is 8.42 Å². The van der Waals surface area contributed by atoms with Gasteiger partial charge >= 0.3 is 0 Å². The summed E-state index contributed by atoms with van der Waals surface area (Å²) in [5.74, 6) is 0.324. The number of hydrogen-bond donors (Lipinski definition) is 0. The molecule has 0 fully saturated rings. The Morgan fingerprint density at radius 2 is 2.25 bits per heavy atom. The molecule has 0 aliphatic carbocycles. The topological polar surface area (TPSA) is 80.1 Å². The number of pyridine rings is 1. The first kappa shape index (κ1) is 12.5. The Labute approximate surface area is 94.6 Å². The number of hydrogen-bond acceptors (Lipinski definition) is 5. The summed E-state index contributed by atoms with van der Waals surface area (Å²) >= 11 is 0. The van der Waals surface area contributed by atoms with E-state index in [4.69, 9.17) is 10.00 Å². The van der Waals surface area contributed by atoms with Crippen LogP contribution in [0.4, 0.5) is 0 Å². The zero-order chi connectivity index (χ0) is 12.2. The van der Waals surface area contributed by atoms with Crippen molar-refractivity contribution in [2.45, 2.75) is 18.2 Å². The molecule has 1 heterocycles. The molecule has 0 bridgehead atoms. The lowest BCUT2D eigenvalue weighted by Crippen LogP contribution is -2.09. The summed E-state index contributed by atoms with van der Waals surface area (Å²) in [5, 5.41) is 8.80. The number of ether oxygens (including phenoxy) is 1. The largest absolute Gasteiger partial charge is 0.495 e. The summed E-state index contributed by atoms with van der Waals surface area (Å²) in [4.78, 5) is 3.69. The molecule has 0 spiro atoms. The second kappa shape index (κ2) is 4.94. The molecule has 86 valence electrons. The molecule has 0 unspecified atom stereocenters. The van der Waals surface area contributed by atoms with Gasteiger partial charge < -0.3 is 4.74 Å². The van der Waals surface area contributed by atoms with Crippen molar-refractivity contribution in [1.82, 2.24) is 4.98 Å². The lowest BCUT2D eigenvalue weighted by molar-refractivity contribution is 0.411. The van der Waals surface area contributed by atoms with Crippen LogP contribution < -0.4 is 4.74 Å². The first-order chi connectivity index (χ1) is 7.55. The van der Waals surface area contributed by atoms with Crippen LogP contribution in [0.25, 0.3) is 0 Å². The van der Waals surface area contributed by atoms with Crippen molar-refractivity contribution in [2.75, 3.05) is 12.9 Å². The van der Waals surface area contributed by atoms with Gasteiger partial charge in [-0.3, -0.25) is 0 Å². The van der Waals surface area contributed by atoms with Crippen LogP contribution >= 0.6 is 0 Å². The van der Waals surface area contributed by atoms with Gasteiger partial charge in [-0.2, -0.15) is 5.26 Å². The van der Waals surface area contributed by atoms with Crippen LogP contribution in [-0.4, -0.2) is 26.3 Å². The molecule has 0 saturated carbocycles. The van der Waals surface area contributed by atoms with E-state index in [0.717, 1.165) is 0 Å². The van der Waals surface area contributed by atoms with Crippen molar-refractivity contribution >= 4 is 9.84 Å². The van der Waals surface area contributed by atoms with Crippen molar-refractivity contribution in [2.24, 2.45) is 0 Å². The number of rotatable bonds is 4. The summed E-state index contributed by atoms with van der Waals surface area (Å²) in [6, 6.07) is 3.10. The fourth-order valence-electron chi connectivity index (χ4n) is 1.24. The van der Waals surface area contributed by atoms with E-state index in [1.165, 1.54) is 19.4 Å². The summed E-state index contributed by atoms with van der Waals surface area (Å²) in [6.07, 6.45) is 1.81. The van der Waals surface area contributed by atoms with Gasteiger partial charge in [-0.1, -0.05) is 6.92 Å². The van der Waals surface area contributed by atoms with Gasteiger partial charge in [0, 0.05) is 6.07 Å². The first-order valence-corrected chi connectivity index (χ1v) is 6.37. The third-order valence-corrected chi connectivity index (χ3v) is 3.90. The zero-order valence-corrected chi connectivity index (χ0v) is 9.91. The fourth-order valence-corrected chi connectivity index (χ4v) is 2.68. The highest BCUT2D eigenvalue weighted by atomic mass is 32.2. The number of sulfone groups is 1. The van der Waals surface area contributed by atoms with E-state index >= 15 is 0 Å². The van der Waals surface area contributed by atoms with Crippen molar-refractivity contribution < 1.29 is 13.2 Å². The molecule has 0 radical (unpaired) electrons.